The van der Waals surface area contributed by atoms with E-state index in [4.69, 9.17) is 18.9 Å². The zero-order valence-corrected chi connectivity index (χ0v) is 38.0. The van der Waals surface area contributed by atoms with E-state index in [9.17, 15) is 27.6 Å². The van der Waals surface area contributed by atoms with Crippen molar-refractivity contribution in [2.75, 3.05) is 30.9 Å². The first-order chi connectivity index (χ1) is 27.0. The van der Waals surface area contributed by atoms with Crippen LogP contribution >= 0.6 is 0 Å². The molecule has 0 unspecified atom stereocenters. The molecule has 59 heavy (non-hydrogen) atoms. The first-order valence-electron chi connectivity index (χ1n) is 20.6. The van der Waals surface area contributed by atoms with Crippen molar-refractivity contribution < 1.29 is 46.5 Å². The first kappa shape index (κ1) is 47.3. The van der Waals surface area contributed by atoms with Gasteiger partial charge in [-0.05, 0) is 149 Å². The third kappa shape index (κ3) is 15.7. The van der Waals surface area contributed by atoms with Gasteiger partial charge in [0.25, 0.3) is 0 Å². The van der Waals surface area contributed by atoms with E-state index in [0.717, 1.165) is 11.1 Å². The molecule has 2 aromatic rings. The van der Waals surface area contributed by atoms with Crippen LogP contribution in [-0.2, 0) is 57.2 Å². The molecule has 2 heterocycles. The van der Waals surface area contributed by atoms with E-state index in [-0.39, 0.29) is 35.9 Å². The lowest BCUT2D eigenvalue weighted by atomic mass is 9.85. The Morgan fingerprint density at radius 3 is 1.42 bits per heavy atom. The van der Waals surface area contributed by atoms with Gasteiger partial charge in [0.05, 0.1) is 17.6 Å². The lowest BCUT2D eigenvalue weighted by Gasteiger charge is -2.28. The van der Waals surface area contributed by atoms with Crippen LogP contribution in [0.2, 0.25) is 0 Å². The van der Waals surface area contributed by atoms with Crippen molar-refractivity contribution in [1.29, 1.82) is 0 Å². The Morgan fingerprint density at radius 2 is 1.00 bits per heavy atom. The largest absolute Gasteiger partial charge is 0.460 e. The van der Waals surface area contributed by atoms with Crippen LogP contribution in [0.1, 0.15) is 113 Å². The second-order valence-electron chi connectivity index (χ2n) is 20.0. The molecule has 2 aliphatic rings. The van der Waals surface area contributed by atoms with Crippen molar-refractivity contribution in [3.8, 4) is 0 Å². The molecule has 1 N–H and O–H groups in total. The highest BCUT2D eigenvalue weighted by atomic mass is 32.2. The normalized spacial score (nSPS) is 18.8. The number of hydrogen-bond acceptors (Lipinski definition) is 10. The molecule has 0 spiro atoms. The highest BCUT2D eigenvalue weighted by molar-refractivity contribution is 7.91. The maximum atomic E-state index is 13.6. The fourth-order valence-electron chi connectivity index (χ4n) is 7.41. The van der Waals surface area contributed by atoms with Crippen LogP contribution in [0, 0.1) is 23.7 Å². The third-order valence-corrected chi connectivity index (χ3v) is 11.0. The van der Waals surface area contributed by atoms with Crippen LogP contribution in [-0.4, -0.2) is 90.9 Å². The summed E-state index contributed by atoms with van der Waals surface area (Å²) in [6.07, 6.45) is 0.946. The lowest BCUT2D eigenvalue weighted by molar-refractivity contribution is -0.163. The number of rotatable bonds is 12. The molecule has 4 atom stereocenters. The quantitative estimate of drug-likeness (QED) is 0.163. The summed E-state index contributed by atoms with van der Waals surface area (Å²) in [5, 5.41) is 0. The van der Waals surface area contributed by atoms with Crippen LogP contribution < -0.4 is 4.72 Å². The maximum Gasteiger partial charge on any atom is 0.410 e. The van der Waals surface area contributed by atoms with Gasteiger partial charge in [-0.2, -0.15) is 0 Å². The molecule has 2 saturated heterocycles. The minimum atomic E-state index is -3.90. The van der Waals surface area contributed by atoms with Crippen LogP contribution in [0.5, 0.6) is 0 Å². The zero-order chi connectivity index (χ0) is 44.1. The molecule has 14 heteroatoms. The number of carbonyl (C=O) groups is 4. The van der Waals surface area contributed by atoms with Gasteiger partial charge in [0.2, 0.25) is 10.0 Å². The molecule has 0 bridgehead atoms. The van der Waals surface area contributed by atoms with E-state index in [1.807, 2.05) is 95.2 Å². The molecular weight excluding hydrogens is 775 g/mol. The third-order valence-electron chi connectivity index (χ3n) is 9.77. The van der Waals surface area contributed by atoms with Gasteiger partial charge in [-0.1, -0.05) is 36.4 Å². The molecule has 2 aromatic carbocycles. The van der Waals surface area contributed by atoms with Gasteiger partial charge in [-0.25, -0.2) is 18.0 Å². The maximum absolute atomic E-state index is 13.6. The molecule has 0 aromatic heterocycles. The Kier molecular flexibility index (Phi) is 14.9. The zero-order valence-electron chi connectivity index (χ0n) is 37.2. The standard InChI is InChI=1S/C45H67N3O10S/c1-42(2,3)55-38(49)36(33-19-21-47(27-33)40(51)57-44(7,8)9)25-30-15-13-17-32(23-30)29-59(53,54)46-35-18-14-16-31(24-35)26-37(39(50)56-43(4,5)6)34-20-22-48(28-34)41(52)58-45(10,11)12/h13-18,23-24,33-34,36-37,46H,19-22,25-29H2,1-12H3/t33-,34-,36-,37-/m0/s1. The summed E-state index contributed by atoms with van der Waals surface area (Å²) >= 11 is 0. The monoisotopic (exact) mass is 841 g/mol. The number of hydrogen-bond donors (Lipinski definition) is 1. The van der Waals surface area contributed by atoms with Crippen molar-refractivity contribution in [2.45, 2.75) is 137 Å². The number of sulfonamides is 1. The Labute approximate surface area is 351 Å². The van der Waals surface area contributed by atoms with E-state index in [2.05, 4.69) is 4.72 Å². The van der Waals surface area contributed by atoms with Crippen LogP contribution in [0.15, 0.2) is 48.5 Å². The van der Waals surface area contributed by atoms with Crippen LogP contribution in [0.4, 0.5) is 15.3 Å². The average molecular weight is 842 g/mol. The molecule has 2 aliphatic heterocycles. The average Bonchev–Trinajstić information content (AvgIpc) is 3.74. The molecular formula is C45H67N3O10S. The van der Waals surface area contributed by atoms with Gasteiger partial charge >= 0.3 is 24.1 Å². The summed E-state index contributed by atoms with van der Waals surface area (Å²) < 4.78 is 52.8. The fraction of sp³-hybridized carbons (Fsp3) is 0.644. The van der Waals surface area contributed by atoms with E-state index in [1.54, 1.807) is 46.2 Å². The Balaban J connectivity index is 1.47. The molecule has 4 rings (SSSR count). The number of esters is 2. The smallest absolute Gasteiger partial charge is 0.410 e. The predicted octanol–water partition coefficient (Wildman–Crippen LogP) is 8.14. The SMILES string of the molecule is CC(C)(C)OC(=O)[C@@H](Cc1cccc(CS(=O)(=O)Nc2cccc(C[C@H](C(=O)OC(C)(C)C)[C@H]3CCN(C(=O)OC(C)(C)C)C3)c2)c1)[C@H]1CCN(C(=O)OC(C)(C)C)C1. The number of nitrogens with one attached hydrogen (secondary N) is 1. The number of likely N-dealkylation sites (tertiary alicyclic amines) is 2. The van der Waals surface area contributed by atoms with Crippen molar-refractivity contribution in [3.63, 3.8) is 0 Å². The molecule has 0 aliphatic carbocycles. The fourth-order valence-corrected chi connectivity index (χ4v) is 8.58. The number of nitrogens with zero attached hydrogens (tertiary/aromatic N) is 2. The Hall–Kier alpha value is -4.33. The van der Waals surface area contributed by atoms with Crippen molar-refractivity contribution in [2.24, 2.45) is 23.7 Å². The molecule has 2 amide bonds. The van der Waals surface area contributed by atoms with Crippen molar-refractivity contribution in [3.05, 3.63) is 65.2 Å². The second kappa shape index (κ2) is 18.5. The number of benzene rings is 2. The molecule has 2 fully saturated rings. The molecule has 0 saturated carbocycles. The number of amides is 2. The predicted molar refractivity (Wildman–Crippen MR) is 227 cm³/mol. The van der Waals surface area contributed by atoms with Crippen LogP contribution in [0.3, 0.4) is 0 Å². The van der Waals surface area contributed by atoms with Crippen molar-refractivity contribution >= 4 is 39.8 Å². The van der Waals surface area contributed by atoms with Gasteiger partial charge in [0.1, 0.15) is 22.4 Å². The Bertz CT molecular complexity index is 1790. The summed E-state index contributed by atoms with van der Waals surface area (Å²) in [6.45, 7) is 23.3. The van der Waals surface area contributed by atoms with E-state index >= 15 is 0 Å². The minimum absolute atomic E-state index is 0.175. The summed E-state index contributed by atoms with van der Waals surface area (Å²) in [6, 6.07) is 14.1. The van der Waals surface area contributed by atoms with Crippen LogP contribution in [0.25, 0.3) is 0 Å². The highest BCUT2D eigenvalue weighted by Gasteiger charge is 2.41. The van der Waals surface area contributed by atoms with Gasteiger partial charge in [0, 0.05) is 31.9 Å². The lowest BCUT2D eigenvalue weighted by Crippen LogP contribution is -2.38. The summed E-state index contributed by atoms with van der Waals surface area (Å²) in [7, 11) is -3.90. The summed E-state index contributed by atoms with van der Waals surface area (Å²) in [4.78, 5) is 56.2. The minimum Gasteiger partial charge on any atom is -0.460 e. The van der Waals surface area contributed by atoms with E-state index in [1.165, 1.54) is 0 Å². The highest BCUT2D eigenvalue weighted by Crippen LogP contribution is 2.33. The molecule has 0 radical (unpaired) electrons. The second-order valence-corrected chi connectivity index (χ2v) is 21.7. The molecule has 328 valence electrons. The Morgan fingerprint density at radius 1 is 0.610 bits per heavy atom. The molecule has 13 nitrogen and oxygen atoms in total. The summed E-state index contributed by atoms with van der Waals surface area (Å²) in [5.41, 5.74) is -0.323. The van der Waals surface area contributed by atoms with Gasteiger partial charge in [-0.15, -0.1) is 0 Å². The number of anilines is 1. The summed E-state index contributed by atoms with van der Waals surface area (Å²) in [5.74, 6) is -2.56. The van der Waals surface area contributed by atoms with Gasteiger partial charge < -0.3 is 28.7 Å². The topological polar surface area (TPSA) is 158 Å². The van der Waals surface area contributed by atoms with Crippen molar-refractivity contribution in [1.82, 2.24) is 9.80 Å². The van der Waals surface area contributed by atoms with Gasteiger partial charge in [0.15, 0.2) is 0 Å². The van der Waals surface area contributed by atoms with E-state index in [0.29, 0.717) is 56.7 Å². The van der Waals surface area contributed by atoms with Gasteiger partial charge in [-0.3, -0.25) is 14.3 Å². The number of carbonyl (C=O) groups excluding carboxylic acids is 4. The first-order valence-corrected chi connectivity index (χ1v) is 22.3. The van der Waals surface area contributed by atoms with E-state index < -0.39 is 56.4 Å². The number of ether oxygens (including phenoxy) is 4.